The predicted octanol–water partition coefficient (Wildman–Crippen LogP) is 13.5. The molecule has 0 amide bonds. The van der Waals surface area contributed by atoms with E-state index in [1.165, 1.54) is 43.7 Å². The molecule has 10 rings (SSSR count). The van der Waals surface area contributed by atoms with Crippen LogP contribution in [0.3, 0.4) is 0 Å². The van der Waals surface area contributed by atoms with Crippen molar-refractivity contribution in [3.63, 3.8) is 0 Å². The Morgan fingerprint density at radius 1 is 0.386 bits per heavy atom. The summed E-state index contributed by atoms with van der Waals surface area (Å²) in [6, 6.07) is 70.6. The Labute approximate surface area is 331 Å². The highest BCUT2D eigenvalue weighted by atomic mass is 15.0. The van der Waals surface area contributed by atoms with Crippen LogP contribution in [0, 0.1) is 0 Å². The summed E-state index contributed by atoms with van der Waals surface area (Å²) < 4.78 is 4.72. The van der Waals surface area contributed by atoms with Gasteiger partial charge in [0.2, 0.25) is 0 Å². The maximum absolute atomic E-state index is 5.06. The average molecular weight is 731 g/mol. The SMILES string of the molecule is C=C(/N=C(\N=C(/C)c1ccccc1)c1ccc(-n2c3ccccc3c3cc(-c4ccc5c(c4)c4ccccc4n5-c4ccccc4)ccc32)cc1)c1ccccc1. The zero-order valence-electron chi connectivity index (χ0n) is 31.5. The number of para-hydroxylation sites is 3. The second kappa shape index (κ2) is 14.3. The molecule has 2 heterocycles. The molecule has 0 aliphatic rings. The number of aliphatic imine (C=N–C) groups is 2. The summed E-state index contributed by atoms with van der Waals surface area (Å²) in [6.07, 6.45) is 0. The van der Waals surface area contributed by atoms with E-state index in [1.807, 2.05) is 55.5 Å². The lowest BCUT2D eigenvalue weighted by Gasteiger charge is -2.11. The van der Waals surface area contributed by atoms with E-state index in [0.717, 1.165) is 44.8 Å². The standard InChI is InChI=1S/C53H38N4/c1-36(38-16-6-3-7-17-38)54-53(55-37(2)39-18-8-4-9-19-39)40-26-30-44(31-27-40)57-50-25-15-13-23-46(50)48-35-42(29-33-52(48)57)41-28-32-51-47(34-41)45-22-12-14-24-49(45)56(51)43-20-10-5-11-21-43/h3-35H,1H2,2H3/b54-53-,55-37+. The average Bonchev–Trinajstić information content (AvgIpc) is 3.79. The van der Waals surface area contributed by atoms with Crippen LogP contribution < -0.4 is 0 Å². The van der Waals surface area contributed by atoms with Gasteiger partial charge in [0.15, 0.2) is 5.84 Å². The predicted molar refractivity (Wildman–Crippen MR) is 241 cm³/mol. The third kappa shape index (κ3) is 6.14. The molecule has 2 aromatic heterocycles. The summed E-state index contributed by atoms with van der Waals surface area (Å²) in [5, 5.41) is 4.92. The molecule has 8 aromatic carbocycles. The van der Waals surface area contributed by atoms with Crippen molar-refractivity contribution < 1.29 is 0 Å². The van der Waals surface area contributed by atoms with Crippen molar-refractivity contribution in [3.8, 4) is 22.5 Å². The number of hydrogen-bond acceptors (Lipinski definition) is 1. The monoisotopic (exact) mass is 730 g/mol. The molecule has 0 aliphatic carbocycles. The molecule has 0 fully saturated rings. The summed E-state index contributed by atoms with van der Waals surface area (Å²) in [7, 11) is 0. The lowest BCUT2D eigenvalue weighted by Crippen LogP contribution is -2.05. The molecule has 0 unspecified atom stereocenters. The molecule has 270 valence electrons. The third-order valence-electron chi connectivity index (χ3n) is 10.9. The molecule has 0 atom stereocenters. The summed E-state index contributed by atoms with van der Waals surface area (Å²) in [6.45, 7) is 6.33. The quantitative estimate of drug-likeness (QED) is 0.116. The first-order valence-corrected chi connectivity index (χ1v) is 19.3. The van der Waals surface area contributed by atoms with Crippen molar-refractivity contribution >= 4 is 60.9 Å². The van der Waals surface area contributed by atoms with Crippen LogP contribution in [0.2, 0.25) is 0 Å². The van der Waals surface area contributed by atoms with Gasteiger partial charge in [0, 0.05) is 44.2 Å². The minimum absolute atomic E-state index is 0.618. The largest absolute Gasteiger partial charge is 0.309 e. The first kappa shape index (κ1) is 34.0. The van der Waals surface area contributed by atoms with Crippen molar-refractivity contribution in [1.82, 2.24) is 9.13 Å². The maximum Gasteiger partial charge on any atom is 0.160 e. The highest BCUT2D eigenvalue weighted by Gasteiger charge is 2.17. The molecule has 0 radical (unpaired) electrons. The minimum atomic E-state index is 0.618. The van der Waals surface area contributed by atoms with Gasteiger partial charge in [-0.3, -0.25) is 0 Å². The van der Waals surface area contributed by atoms with Gasteiger partial charge in [0.25, 0.3) is 0 Å². The smallest absolute Gasteiger partial charge is 0.160 e. The Morgan fingerprint density at radius 3 is 1.37 bits per heavy atom. The van der Waals surface area contributed by atoms with Crippen LogP contribution in [0.1, 0.15) is 23.6 Å². The van der Waals surface area contributed by atoms with Crippen molar-refractivity contribution in [2.24, 2.45) is 9.98 Å². The fraction of sp³-hybridized carbons (Fsp3) is 0.0189. The maximum atomic E-state index is 5.06. The molecule has 4 heteroatoms. The van der Waals surface area contributed by atoms with Crippen LogP contribution >= 0.6 is 0 Å². The second-order valence-electron chi connectivity index (χ2n) is 14.4. The number of benzene rings is 8. The van der Waals surface area contributed by atoms with E-state index in [-0.39, 0.29) is 0 Å². The molecule has 57 heavy (non-hydrogen) atoms. The highest BCUT2D eigenvalue weighted by molar-refractivity contribution is 6.14. The molecule has 0 bridgehead atoms. The Bertz CT molecular complexity index is 3170. The van der Waals surface area contributed by atoms with Crippen LogP contribution in [0.5, 0.6) is 0 Å². The fourth-order valence-corrected chi connectivity index (χ4v) is 8.08. The van der Waals surface area contributed by atoms with Crippen molar-refractivity contribution in [2.75, 3.05) is 0 Å². The summed E-state index contributed by atoms with van der Waals surface area (Å²) in [5.41, 5.74) is 13.8. The van der Waals surface area contributed by atoms with Crippen molar-refractivity contribution in [1.29, 1.82) is 0 Å². The molecule has 4 nitrogen and oxygen atoms in total. The number of hydrogen-bond donors (Lipinski definition) is 0. The van der Waals surface area contributed by atoms with Crippen LogP contribution in [-0.2, 0) is 0 Å². The zero-order chi connectivity index (χ0) is 38.3. The molecule has 0 aliphatic heterocycles. The lowest BCUT2D eigenvalue weighted by atomic mass is 10.0. The Balaban J connectivity index is 1.06. The van der Waals surface area contributed by atoms with Gasteiger partial charge < -0.3 is 9.13 Å². The molecule has 0 saturated heterocycles. The van der Waals surface area contributed by atoms with Gasteiger partial charge in [-0.15, -0.1) is 0 Å². The summed E-state index contributed by atoms with van der Waals surface area (Å²) in [4.78, 5) is 10.1. The number of fused-ring (bicyclic) bond motifs is 6. The molecule has 0 spiro atoms. The van der Waals surface area contributed by atoms with E-state index in [1.54, 1.807) is 0 Å². The first-order chi connectivity index (χ1) is 28.1. The normalized spacial score (nSPS) is 12.2. The van der Waals surface area contributed by atoms with E-state index < -0.39 is 0 Å². The van der Waals surface area contributed by atoms with Gasteiger partial charge in [0.1, 0.15) is 0 Å². The van der Waals surface area contributed by atoms with Crippen LogP contribution in [0.4, 0.5) is 0 Å². The van der Waals surface area contributed by atoms with E-state index in [9.17, 15) is 0 Å². The molecular weight excluding hydrogens is 693 g/mol. The highest BCUT2D eigenvalue weighted by Crippen LogP contribution is 2.38. The fourth-order valence-electron chi connectivity index (χ4n) is 8.08. The van der Waals surface area contributed by atoms with E-state index in [2.05, 4.69) is 167 Å². The summed E-state index contributed by atoms with van der Waals surface area (Å²) in [5.74, 6) is 0.618. The lowest BCUT2D eigenvalue weighted by molar-refractivity contribution is 1.18. The second-order valence-corrected chi connectivity index (χ2v) is 14.4. The van der Waals surface area contributed by atoms with Crippen LogP contribution in [-0.4, -0.2) is 20.7 Å². The van der Waals surface area contributed by atoms with Gasteiger partial charge in [-0.2, -0.15) is 0 Å². The van der Waals surface area contributed by atoms with Crippen molar-refractivity contribution in [3.05, 3.63) is 223 Å². The topological polar surface area (TPSA) is 34.6 Å². The minimum Gasteiger partial charge on any atom is -0.309 e. The number of amidine groups is 1. The van der Waals surface area contributed by atoms with Gasteiger partial charge in [0.05, 0.1) is 27.8 Å². The zero-order valence-corrected chi connectivity index (χ0v) is 31.5. The number of rotatable bonds is 7. The molecule has 0 saturated carbocycles. The van der Waals surface area contributed by atoms with Gasteiger partial charge >= 0.3 is 0 Å². The molecule has 10 aromatic rings. The van der Waals surface area contributed by atoms with Crippen LogP contribution in [0.25, 0.3) is 71.8 Å². The summed E-state index contributed by atoms with van der Waals surface area (Å²) >= 11 is 0. The van der Waals surface area contributed by atoms with E-state index >= 15 is 0 Å². The van der Waals surface area contributed by atoms with Gasteiger partial charge in [-0.1, -0.05) is 134 Å². The third-order valence-corrected chi connectivity index (χ3v) is 10.9. The molecular formula is C53H38N4. The van der Waals surface area contributed by atoms with Crippen LogP contribution in [0.15, 0.2) is 217 Å². The Kier molecular flexibility index (Phi) is 8.50. The van der Waals surface area contributed by atoms with Gasteiger partial charge in [-0.25, -0.2) is 9.98 Å². The van der Waals surface area contributed by atoms with Crippen molar-refractivity contribution in [2.45, 2.75) is 6.92 Å². The Hall–Kier alpha value is -7.56. The number of aromatic nitrogens is 2. The van der Waals surface area contributed by atoms with E-state index in [0.29, 0.717) is 11.5 Å². The Morgan fingerprint density at radius 2 is 0.825 bits per heavy atom. The first-order valence-electron chi connectivity index (χ1n) is 19.3. The number of nitrogens with zero attached hydrogens (tertiary/aromatic N) is 4. The molecule has 0 N–H and O–H groups in total. The van der Waals surface area contributed by atoms with E-state index in [4.69, 9.17) is 9.98 Å². The van der Waals surface area contributed by atoms with Gasteiger partial charge in [-0.05, 0) is 102 Å².